The molecule has 0 bridgehead atoms. The molecule has 0 radical (unpaired) electrons. The Morgan fingerprint density at radius 1 is 1.04 bits per heavy atom. The van der Waals surface area contributed by atoms with Gasteiger partial charge in [0.2, 0.25) is 0 Å². The van der Waals surface area contributed by atoms with E-state index in [1.807, 2.05) is 62.3 Å². The second kappa shape index (κ2) is 14.4. The highest BCUT2D eigenvalue weighted by molar-refractivity contribution is 6.35. The van der Waals surface area contributed by atoms with Gasteiger partial charge in [0.25, 0.3) is 5.56 Å². The number of aromatic nitrogens is 4. The first-order valence-corrected chi connectivity index (χ1v) is 15.0. The van der Waals surface area contributed by atoms with Crippen LogP contribution in [0, 0.1) is 0 Å². The molecular weight excluding hydrogens is 604 g/mol. The van der Waals surface area contributed by atoms with Gasteiger partial charge >= 0.3 is 0 Å². The molecule has 2 aromatic carbocycles. The van der Waals surface area contributed by atoms with E-state index < -0.39 is 6.04 Å². The number of fused-ring (bicyclic) bond motifs is 1. The summed E-state index contributed by atoms with van der Waals surface area (Å²) < 4.78 is 12.7. The van der Waals surface area contributed by atoms with Gasteiger partial charge in [0.15, 0.2) is 5.78 Å². The molecule has 0 amide bonds. The van der Waals surface area contributed by atoms with Crippen molar-refractivity contribution in [2.75, 3.05) is 40.2 Å². The summed E-state index contributed by atoms with van der Waals surface area (Å²) in [5.41, 5.74) is 2.91. The van der Waals surface area contributed by atoms with E-state index in [1.54, 1.807) is 54.4 Å². The van der Waals surface area contributed by atoms with Crippen LogP contribution in [0.2, 0.25) is 5.02 Å². The molecule has 46 heavy (non-hydrogen) atoms. The lowest BCUT2D eigenvalue weighted by atomic mass is 9.99. The van der Waals surface area contributed by atoms with Crippen molar-refractivity contribution in [3.05, 3.63) is 112 Å². The number of ether oxygens (including phenoxy) is 2. The third-order valence-electron chi connectivity index (χ3n) is 7.49. The fourth-order valence-electron chi connectivity index (χ4n) is 5.18. The molecule has 0 aliphatic rings. The number of rotatable bonds is 12. The molecule has 0 saturated heterocycles. The Morgan fingerprint density at radius 3 is 2.59 bits per heavy atom. The zero-order chi connectivity index (χ0) is 32.8. The summed E-state index contributed by atoms with van der Waals surface area (Å²) in [6.07, 6.45) is 8.48. The normalized spacial score (nSPS) is 12.1. The van der Waals surface area contributed by atoms with Gasteiger partial charge in [-0.05, 0) is 56.4 Å². The first kappa shape index (κ1) is 32.3. The highest BCUT2D eigenvalue weighted by Crippen LogP contribution is 2.39. The van der Waals surface area contributed by atoms with Gasteiger partial charge in [0.05, 0.1) is 30.8 Å². The molecule has 1 N–H and O–H groups in total. The molecule has 0 aliphatic carbocycles. The van der Waals surface area contributed by atoms with Crippen LogP contribution in [0.15, 0.2) is 90.3 Å². The molecule has 3 aromatic heterocycles. The molecule has 10 nitrogen and oxygen atoms in total. The quantitative estimate of drug-likeness (QED) is 0.162. The van der Waals surface area contributed by atoms with E-state index in [-0.39, 0.29) is 22.8 Å². The number of hydrogen-bond acceptors (Lipinski definition) is 9. The lowest BCUT2D eigenvalue weighted by Gasteiger charge is -2.22. The van der Waals surface area contributed by atoms with Crippen molar-refractivity contribution < 1.29 is 14.3 Å². The number of carbonyl (C=O) groups is 1. The smallest absolute Gasteiger partial charge is 0.259 e. The van der Waals surface area contributed by atoms with Crippen LogP contribution < -0.4 is 20.3 Å². The van der Waals surface area contributed by atoms with E-state index in [2.05, 4.69) is 20.3 Å². The minimum absolute atomic E-state index is 0.00407. The molecule has 11 heteroatoms. The van der Waals surface area contributed by atoms with Crippen molar-refractivity contribution in [1.82, 2.24) is 24.4 Å². The highest BCUT2D eigenvalue weighted by atomic mass is 35.5. The Labute approximate surface area is 272 Å². The third-order valence-corrected chi connectivity index (χ3v) is 7.88. The average molecular weight is 639 g/mol. The number of nitrogens with one attached hydrogen (secondary N) is 1. The van der Waals surface area contributed by atoms with Gasteiger partial charge < -0.3 is 24.3 Å². The van der Waals surface area contributed by atoms with Crippen LogP contribution in [-0.4, -0.2) is 65.1 Å². The Balaban J connectivity index is 1.65. The zero-order valence-corrected chi connectivity index (χ0v) is 27.1. The molecule has 236 valence electrons. The summed E-state index contributed by atoms with van der Waals surface area (Å²) in [4.78, 5) is 42.0. The van der Waals surface area contributed by atoms with Crippen LogP contribution in [0.4, 0.5) is 11.6 Å². The van der Waals surface area contributed by atoms with Crippen LogP contribution in [0.3, 0.4) is 0 Å². The van der Waals surface area contributed by atoms with Crippen molar-refractivity contribution >= 4 is 39.9 Å². The van der Waals surface area contributed by atoms with E-state index in [0.717, 1.165) is 11.1 Å². The predicted octanol–water partition coefficient (Wildman–Crippen LogP) is 6.11. The standard InChI is InChI=1S/C35H35ClN6O4/c1-22(24-9-6-8-23(14-24)15-26(43)10-7-13-41(2)3)42-30-19-33(40-32-11-12-37-21-39-32)38-20-25(30)16-29(35(42)44)28-17-27(45-4)18-31(46-5)34(28)36/h6-12,14,16-22H,13,15H2,1-5H3,(H,37,38,39,40)/b10-7+. The van der Waals surface area contributed by atoms with Crippen LogP contribution in [0.1, 0.15) is 24.1 Å². The molecule has 1 atom stereocenters. The van der Waals surface area contributed by atoms with Crippen LogP contribution >= 0.6 is 11.6 Å². The van der Waals surface area contributed by atoms with E-state index in [4.69, 9.17) is 21.1 Å². The van der Waals surface area contributed by atoms with Gasteiger partial charge in [0, 0.05) is 54.0 Å². The maximum Gasteiger partial charge on any atom is 0.259 e. The number of carbonyl (C=O) groups excluding carboxylic acids is 1. The fraction of sp³-hybridized carbons (Fsp3) is 0.229. The highest BCUT2D eigenvalue weighted by Gasteiger charge is 2.22. The topological polar surface area (TPSA) is 111 Å². The Bertz CT molecular complexity index is 1960. The molecule has 3 heterocycles. The predicted molar refractivity (Wildman–Crippen MR) is 182 cm³/mol. The minimum Gasteiger partial charge on any atom is -0.497 e. The molecular formula is C35H35ClN6O4. The minimum atomic E-state index is -0.435. The summed E-state index contributed by atoms with van der Waals surface area (Å²) in [6, 6.07) is 16.0. The number of allylic oxidation sites excluding steroid dienone is 1. The maximum absolute atomic E-state index is 14.5. The number of ketones is 1. The number of methoxy groups -OCH3 is 2. The first-order chi connectivity index (χ1) is 22.2. The molecule has 5 aromatic rings. The Kier molecular flexibility index (Phi) is 10.1. The van der Waals surface area contributed by atoms with Crippen LogP contribution in [0.25, 0.3) is 22.0 Å². The number of halogens is 1. The summed E-state index contributed by atoms with van der Waals surface area (Å²) >= 11 is 6.78. The molecule has 0 saturated carbocycles. The van der Waals surface area contributed by atoms with Gasteiger partial charge in [-0.25, -0.2) is 15.0 Å². The van der Waals surface area contributed by atoms with E-state index in [1.165, 1.54) is 13.4 Å². The number of anilines is 2. The lowest BCUT2D eigenvalue weighted by Crippen LogP contribution is -2.26. The fourth-order valence-corrected chi connectivity index (χ4v) is 5.46. The van der Waals surface area contributed by atoms with Gasteiger partial charge in [-0.15, -0.1) is 0 Å². The number of hydrogen-bond donors (Lipinski definition) is 1. The Morgan fingerprint density at radius 2 is 1.87 bits per heavy atom. The zero-order valence-electron chi connectivity index (χ0n) is 26.3. The van der Waals surface area contributed by atoms with Gasteiger partial charge in [-0.1, -0.05) is 41.9 Å². The van der Waals surface area contributed by atoms with Crippen molar-refractivity contribution in [3.63, 3.8) is 0 Å². The van der Waals surface area contributed by atoms with Gasteiger partial charge in [-0.2, -0.15) is 0 Å². The largest absolute Gasteiger partial charge is 0.497 e. The van der Waals surface area contributed by atoms with Gasteiger partial charge in [0.1, 0.15) is 29.5 Å². The number of likely N-dealkylation sites (N-methyl/N-ethyl adjacent to an activating group) is 1. The molecule has 0 spiro atoms. The van der Waals surface area contributed by atoms with Crippen molar-refractivity contribution in [1.29, 1.82) is 0 Å². The molecule has 0 aliphatic heterocycles. The van der Waals surface area contributed by atoms with Gasteiger partial charge in [-0.3, -0.25) is 9.59 Å². The van der Waals surface area contributed by atoms with Crippen LogP contribution in [-0.2, 0) is 11.2 Å². The second-order valence-corrected chi connectivity index (χ2v) is 11.4. The van der Waals surface area contributed by atoms with E-state index in [9.17, 15) is 9.59 Å². The van der Waals surface area contributed by atoms with Crippen molar-refractivity contribution in [3.8, 4) is 22.6 Å². The summed E-state index contributed by atoms with van der Waals surface area (Å²) in [7, 11) is 6.95. The van der Waals surface area contributed by atoms with E-state index >= 15 is 0 Å². The first-order valence-electron chi connectivity index (χ1n) is 14.6. The van der Waals surface area contributed by atoms with E-state index in [0.29, 0.717) is 51.7 Å². The maximum atomic E-state index is 14.5. The SMILES string of the molecule is COc1cc(OC)c(Cl)c(-c2cc3cnc(Nc4ccncn4)cc3n(C(C)c3cccc(CC(=O)/C=C/CN(C)C)c3)c2=O)c1. The van der Waals surface area contributed by atoms with Crippen LogP contribution in [0.5, 0.6) is 11.5 Å². The van der Waals surface area contributed by atoms with Crippen molar-refractivity contribution in [2.24, 2.45) is 0 Å². The molecule has 0 fully saturated rings. The Hall–Kier alpha value is -5.06. The summed E-state index contributed by atoms with van der Waals surface area (Å²) in [6.45, 7) is 2.63. The number of pyridine rings is 2. The number of nitrogens with zero attached hydrogens (tertiary/aromatic N) is 5. The lowest BCUT2D eigenvalue weighted by molar-refractivity contribution is -0.114. The second-order valence-electron chi connectivity index (χ2n) is 11.0. The molecule has 5 rings (SSSR count). The summed E-state index contributed by atoms with van der Waals surface area (Å²) in [5.74, 6) is 1.95. The third kappa shape index (κ3) is 7.25. The summed E-state index contributed by atoms with van der Waals surface area (Å²) in [5, 5.41) is 4.18. The number of benzene rings is 2. The van der Waals surface area contributed by atoms with Crippen molar-refractivity contribution in [2.45, 2.75) is 19.4 Å². The molecule has 1 unspecified atom stereocenters. The average Bonchev–Trinajstić information content (AvgIpc) is 3.05. The monoisotopic (exact) mass is 638 g/mol.